The average Bonchev–Trinajstić information content (AvgIpc) is 3.08. The lowest BCUT2D eigenvalue weighted by Crippen LogP contribution is -2.12. The molecule has 0 atom stereocenters. The fourth-order valence-corrected chi connectivity index (χ4v) is 2.85. The van der Waals surface area contributed by atoms with E-state index in [0.29, 0.717) is 10.7 Å². The molecule has 6 heteroatoms. The van der Waals surface area contributed by atoms with Crippen LogP contribution in [-0.2, 0) is 0 Å². The molecule has 1 amide bonds. The van der Waals surface area contributed by atoms with Crippen molar-refractivity contribution < 1.29 is 4.79 Å². The van der Waals surface area contributed by atoms with Crippen LogP contribution >= 0.6 is 11.3 Å². The third-order valence-corrected chi connectivity index (χ3v) is 3.92. The van der Waals surface area contributed by atoms with Gasteiger partial charge < -0.3 is 4.57 Å². The maximum absolute atomic E-state index is 12.4. The number of hydrogen-bond donors (Lipinski definition) is 1. The number of nitrogens with zero attached hydrogens (tertiary/aromatic N) is 3. The predicted octanol–water partition coefficient (Wildman–Crippen LogP) is 3.20. The van der Waals surface area contributed by atoms with Gasteiger partial charge in [0, 0.05) is 29.2 Å². The minimum atomic E-state index is -0.145. The zero-order valence-corrected chi connectivity index (χ0v) is 12.5. The Labute approximate surface area is 126 Å². The van der Waals surface area contributed by atoms with Crippen molar-refractivity contribution in [3.8, 4) is 5.69 Å². The Bertz CT molecular complexity index is 763. The van der Waals surface area contributed by atoms with E-state index in [-0.39, 0.29) is 5.91 Å². The van der Waals surface area contributed by atoms with E-state index in [0.717, 1.165) is 17.1 Å². The summed E-state index contributed by atoms with van der Waals surface area (Å²) in [4.78, 5) is 20.6. The van der Waals surface area contributed by atoms with E-state index in [1.54, 1.807) is 18.6 Å². The maximum atomic E-state index is 12.4. The Kier molecular flexibility index (Phi) is 3.53. The van der Waals surface area contributed by atoms with Gasteiger partial charge in [-0.1, -0.05) is 0 Å². The van der Waals surface area contributed by atoms with Crippen molar-refractivity contribution in [2.45, 2.75) is 13.8 Å². The highest BCUT2D eigenvalue weighted by atomic mass is 32.1. The number of carbonyl (C=O) groups is 1. The summed E-state index contributed by atoms with van der Waals surface area (Å²) in [6.07, 6.45) is 5.18. The third kappa shape index (κ3) is 2.57. The molecule has 0 aliphatic carbocycles. The second-order valence-corrected chi connectivity index (χ2v) is 5.52. The molecule has 3 aromatic rings. The van der Waals surface area contributed by atoms with Crippen molar-refractivity contribution in [3.05, 3.63) is 59.1 Å². The number of hydrogen-bond acceptors (Lipinski definition) is 4. The number of amides is 1. The van der Waals surface area contributed by atoms with Crippen molar-refractivity contribution in [2.24, 2.45) is 0 Å². The molecular weight excluding hydrogens is 284 g/mol. The maximum Gasteiger partial charge on any atom is 0.259 e. The molecule has 3 rings (SSSR count). The molecule has 0 bridgehead atoms. The number of rotatable bonds is 3. The largest absolute Gasteiger partial charge is 0.316 e. The molecule has 0 saturated carbocycles. The van der Waals surface area contributed by atoms with E-state index in [4.69, 9.17) is 0 Å². The van der Waals surface area contributed by atoms with Gasteiger partial charge in [-0.15, -0.1) is 11.3 Å². The van der Waals surface area contributed by atoms with Crippen molar-refractivity contribution in [1.82, 2.24) is 14.5 Å². The fraction of sp³-hybridized carbons (Fsp3) is 0.133. The van der Waals surface area contributed by atoms with Gasteiger partial charge in [0.1, 0.15) is 0 Å². The first-order chi connectivity index (χ1) is 10.2. The summed E-state index contributed by atoms with van der Waals surface area (Å²) in [5, 5.41) is 5.24. The van der Waals surface area contributed by atoms with Crippen LogP contribution in [0.15, 0.2) is 42.2 Å². The van der Waals surface area contributed by atoms with E-state index in [9.17, 15) is 4.79 Å². The Morgan fingerprint density at radius 2 is 2.19 bits per heavy atom. The molecule has 106 valence electrons. The lowest BCUT2D eigenvalue weighted by molar-refractivity contribution is 0.102. The van der Waals surface area contributed by atoms with Crippen LogP contribution in [0.1, 0.15) is 21.7 Å². The number of aryl methyl sites for hydroxylation is 1. The average molecular weight is 298 g/mol. The third-order valence-electron chi connectivity index (χ3n) is 3.23. The van der Waals surface area contributed by atoms with Crippen molar-refractivity contribution in [3.63, 3.8) is 0 Å². The number of pyridine rings is 1. The van der Waals surface area contributed by atoms with Gasteiger partial charge in [0.15, 0.2) is 5.13 Å². The number of anilines is 1. The van der Waals surface area contributed by atoms with Gasteiger partial charge in [-0.2, -0.15) is 0 Å². The molecule has 5 nitrogen and oxygen atoms in total. The first kappa shape index (κ1) is 13.5. The Morgan fingerprint density at radius 3 is 2.86 bits per heavy atom. The van der Waals surface area contributed by atoms with Gasteiger partial charge in [-0.25, -0.2) is 4.98 Å². The first-order valence-electron chi connectivity index (χ1n) is 6.47. The normalized spacial score (nSPS) is 10.6. The molecule has 0 spiro atoms. The molecule has 21 heavy (non-hydrogen) atoms. The van der Waals surface area contributed by atoms with Gasteiger partial charge in [0.2, 0.25) is 0 Å². The van der Waals surface area contributed by atoms with Crippen LogP contribution in [-0.4, -0.2) is 20.4 Å². The summed E-state index contributed by atoms with van der Waals surface area (Å²) in [6, 6.07) is 5.73. The Morgan fingerprint density at radius 1 is 1.33 bits per heavy atom. The predicted molar refractivity (Wildman–Crippen MR) is 83.1 cm³/mol. The van der Waals surface area contributed by atoms with E-state index < -0.39 is 0 Å². The molecule has 0 saturated heterocycles. The van der Waals surface area contributed by atoms with Crippen LogP contribution in [0.2, 0.25) is 0 Å². The summed E-state index contributed by atoms with van der Waals surface area (Å²) in [5.74, 6) is -0.145. The van der Waals surface area contributed by atoms with Gasteiger partial charge >= 0.3 is 0 Å². The standard InChI is InChI=1S/C15H14N4OS/c1-10-8-13(14(20)18-15-17-6-7-21-15)11(2)19(10)12-4-3-5-16-9-12/h3-9H,1-2H3,(H,17,18,20). The number of carbonyl (C=O) groups excluding carboxylic acids is 1. The van der Waals surface area contributed by atoms with Crippen LogP contribution in [0.25, 0.3) is 5.69 Å². The molecule has 0 aliphatic heterocycles. The van der Waals surface area contributed by atoms with E-state index in [1.165, 1.54) is 11.3 Å². The van der Waals surface area contributed by atoms with E-state index in [1.807, 2.05) is 42.0 Å². The van der Waals surface area contributed by atoms with E-state index in [2.05, 4.69) is 15.3 Å². The van der Waals surface area contributed by atoms with Gasteiger partial charge in [-0.05, 0) is 32.0 Å². The summed E-state index contributed by atoms with van der Waals surface area (Å²) in [6.45, 7) is 3.90. The summed E-state index contributed by atoms with van der Waals surface area (Å²) in [7, 11) is 0. The highest BCUT2D eigenvalue weighted by Crippen LogP contribution is 2.21. The SMILES string of the molecule is Cc1cc(C(=O)Nc2nccs2)c(C)n1-c1cccnc1. The topological polar surface area (TPSA) is 59.8 Å². The molecule has 3 heterocycles. The number of thiazole rings is 1. The van der Waals surface area contributed by atoms with Crippen molar-refractivity contribution >= 4 is 22.4 Å². The van der Waals surface area contributed by atoms with Crippen molar-refractivity contribution in [1.29, 1.82) is 0 Å². The lowest BCUT2D eigenvalue weighted by atomic mass is 10.2. The van der Waals surface area contributed by atoms with Crippen molar-refractivity contribution in [2.75, 3.05) is 5.32 Å². The lowest BCUT2D eigenvalue weighted by Gasteiger charge is -2.09. The second-order valence-electron chi connectivity index (χ2n) is 4.62. The molecule has 3 aromatic heterocycles. The summed E-state index contributed by atoms with van der Waals surface area (Å²) < 4.78 is 2.02. The zero-order valence-electron chi connectivity index (χ0n) is 11.7. The monoisotopic (exact) mass is 298 g/mol. The molecular formula is C15H14N4OS. The van der Waals surface area contributed by atoms with Crippen LogP contribution in [0.4, 0.5) is 5.13 Å². The molecule has 0 fully saturated rings. The Balaban J connectivity index is 1.96. The molecule has 0 aliphatic rings. The summed E-state index contributed by atoms with van der Waals surface area (Å²) >= 11 is 1.40. The quantitative estimate of drug-likeness (QED) is 0.807. The van der Waals surface area contributed by atoms with Gasteiger partial charge in [0.25, 0.3) is 5.91 Å². The minimum absolute atomic E-state index is 0.145. The van der Waals surface area contributed by atoms with Crippen LogP contribution in [0.3, 0.4) is 0 Å². The minimum Gasteiger partial charge on any atom is -0.316 e. The molecule has 0 radical (unpaired) electrons. The molecule has 0 unspecified atom stereocenters. The smallest absolute Gasteiger partial charge is 0.259 e. The highest BCUT2D eigenvalue weighted by molar-refractivity contribution is 7.13. The van der Waals surface area contributed by atoms with Crippen LogP contribution in [0, 0.1) is 13.8 Å². The second kappa shape index (κ2) is 5.49. The van der Waals surface area contributed by atoms with Crippen LogP contribution in [0.5, 0.6) is 0 Å². The molecule has 1 N–H and O–H groups in total. The Hall–Kier alpha value is -2.47. The number of aromatic nitrogens is 3. The molecule has 0 aromatic carbocycles. The highest BCUT2D eigenvalue weighted by Gasteiger charge is 2.17. The van der Waals surface area contributed by atoms with Crippen LogP contribution < -0.4 is 5.32 Å². The first-order valence-corrected chi connectivity index (χ1v) is 7.35. The van der Waals surface area contributed by atoms with Gasteiger partial charge in [-0.3, -0.25) is 15.1 Å². The number of nitrogens with one attached hydrogen (secondary N) is 1. The van der Waals surface area contributed by atoms with E-state index >= 15 is 0 Å². The van der Waals surface area contributed by atoms with Gasteiger partial charge in [0.05, 0.1) is 17.4 Å². The fourth-order valence-electron chi connectivity index (χ4n) is 2.33. The zero-order chi connectivity index (χ0) is 14.8. The summed E-state index contributed by atoms with van der Waals surface area (Å²) in [5.41, 5.74) is 3.46.